The van der Waals surface area contributed by atoms with Crippen molar-refractivity contribution in [3.05, 3.63) is 29.2 Å². The summed E-state index contributed by atoms with van der Waals surface area (Å²) in [6.45, 7) is 15.4. The molecule has 0 aromatic heterocycles. The van der Waals surface area contributed by atoms with E-state index in [1.807, 2.05) is 51.9 Å². The molecular formula is C25H35BO6S. The van der Waals surface area contributed by atoms with Crippen molar-refractivity contribution in [2.45, 2.75) is 88.4 Å². The average Bonchev–Trinajstić information content (AvgIpc) is 2.93. The van der Waals surface area contributed by atoms with Gasteiger partial charge in [-0.05, 0) is 52.5 Å². The Morgan fingerprint density at radius 2 is 1.67 bits per heavy atom. The van der Waals surface area contributed by atoms with E-state index in [2.05, 4.69) is 6.92 Å². The van der Waals surface area contributed by atoms with E-state index in [0.717, 1.165) is 36.5 Å². The fourth-order valence-corrected chi connectivity index (χ4v) is 5.59. The molecular weight excluding hydrogens is 439 g/mol. The van der Waals surface area contributed by atoms with Gasteiger partial charge in [0.1, 0.15) is 11.3 Å². The number of benzene rings is 1. The van der Waals surface area contributed by atoms with Crippen LogP contribution >= 0.6 is 11.8 Å². The first-order valence-electron chi connectivity index (χ1n) is 11.8. The summed E-state index contributed by atoms with van der Waals surface area (Å²) in [4.78, 5) is 13.9. The van der Waals surface area contributed by atoms with E-state index < -0.39 is 24.1 Å². The van der Waals surface area contributed by atoms with Crippen LogP contribution in [0.5, 0.6) is 5.75 Å². The van der Waals surface area contributed by atoms with Crippen LogP contribution in [0.3, 0.4) is 0 Å². The first-order chi connectivity index (χ1) is 15.4. The molecule has 1 aromatic carbocycles. The quantitative estimate of drug-likeness (QED) is 0.316. The molecule has 1 unspecified atom stereocenters. The molecule has 0 bridgehead atoms. The van der Waals surface area contributed by atoms with E-state index >= 15 is 0 Å². The second-order valence-corrected chi connectivity index (χ2v) is 11.9. The third-order valence-electron chi connectivity index (χ3n) is 6.99. The number of thioether (sulfide) groups is 1. The molecule has 0 N–H and O–H groups in total. The number of rotatable bonds is 5. The van der Waals surface area contributed by atoms with Gasteiger partial charge in [0.15, 0.2) is 0 Å². The van der Waals surface area contributed by atoms with Crippen LogP contribution in [0.1, 0.15) is 77.2 Å². The van der Waals surface area contributed by atoms with E-state index in [-0.39, 0.29) is 5.97 Å². The van der Waals surface area contributed by atoms with Crippen molar-refractivity contribution in [2.75, 3.05) is 13.2 Å². The summed E-state index contributed by atoms with van der Waals surface area (Å²) in [5, 5.41) is 0.354. The Morgan fingerprint density at radius 1 is 1.03 bits per heavy atom. The van der Waals surface area contributed by atoms with E-state index in [1.165, 1.54) is 0 Å². The highest BCUT2D eigenvalue weighted by Crippen LogP contribution is 2.44. The predicted octanol–water partition coefficient (Wildman–Crippen LogP) is 5.52. The van der Waals surface area contributed by atoms with E-state index in [1.54, 1.807) is 25.6 Å². The number of carbonyl (C=O) groups is 1. The van der Waals surface area contributed by atoms with Crippen LogP contribution in [0.25, 0.3) is 6.08 Å². The summed E-state index contributed by atoms with van der Waals surface area (Å²) in [6, 6.07) is 3.99. The van der Waals surface area contributed by atoms with Crippen molar-refractivity contribution in [1.29, 1.82) is 0 Å². The van der Waals surface area contributed by atoms with Gasteiger partial charge in [-0.2, -0.15) is 0 Å². The van der Waals surface area contributed by atoms with Gasteiger partial charge < -0.3 is 23.5 Å². The van der Waals surface area contributed by atoms with Crippen LogP contribution in [-0.2, 0) is 18.8 Å². The minimum atomic E-state index is -1.04. The first kappa shape index (κ1) is 24.6. The third-order valence-corrected chi connectivity index (χ3v) is 8.34. The van der Waals surface area contributed by atoms with Crippen LogP contribution in [0.4, 0.5) is 0 Å². The molecule has 180 valence electrons. The number of cyclic esters (lactones) is 1. The van der Waals surface area contributed by atoms with Crippen molar-refractivity contribution in [3.63, 3.8) is 0 Å². The predicted molar refractivity (Wildman–Crippen MR) is 131 cm³/mol. The van der Waals surface area contributed by atoms with Crippen LogP contribution < -0.4 is 4.74 Å². The maximum Gasteiger partial charge on any atom is 0.487 e. The molecule has 0 spiro atoms. The number of carbonyl (C=O) groups excluding carboxylic acids is 1. The minimum absolute atomic E-state index is 0.353. The van der Waals surface area contributed by atoms with E-state index in [0.29, 0.717) is 22.5 Å². The number of esters is 1. The van der Waals surface area contributed by atoms with Crippen LogP contribution in [0, 0.1) is 5.92 Å². The summed E-state index contributed by atoms with van der Waals surface area (Å²) in [7, 11) is -0.475. The summed E-state index contributed by atoms with van der Waals surface area (Å²) in [5.41, 5.74) is 0.469. The molecule has 2 fully saturated rings. The first-order valence-corrected chi connectivity index (χ1v) is 12.6. The van der Waals surface area contributed by atoms with Gasteiger partial charge in [-0.3, -0.25) is 0 Å². The molecule has 6 nitrogen and oxygen atoms in total. The lowest BCUT2D eigenvalue weighted by molar-refractivity contribution is -0.128. The number of hydrogen-bond donors (Lipinski definition) is 0. The third kappa shape index (κ3) is 5.14. The summed E-state index contributed by atoms with van der Waals surface area (Å²) in [6.07, 6.45) is 3.99. The molecule has 3 aliphatic rings. The van der Waals surface area contributed by atoms with Crippen molar-refractivity contribution in [2.24, 2.45) is 5.92 Å². The second kappa shape index (κ2) is 8.95. The van der Waals surface area contributed by atoms with Gasteiger partial charge in [0.25, 0.3) is 0 Å². The maximum atomic E-state index is 13.1. The molecule has 0 amide bonds. The fourth-order valence-electron chi connectivity index (χ4n) is 4.29. The monoisotopic (exact) mass is 474 g/mol. The molecule has 33 heavy (non-hydrogen) atoms. The van der Waals surface area contributed by atoms with Crippen molar-refractivity contribution in [1.82, 2.24) is 0 Å². The zero-order valence-electron chi connectivity index (χ0n) is 20.7. The molecule has 1 atom stereocenters. The Balaban J connectivity index is 1.62. The van der Waals surface area contributed by atoms with Crippen molar-refractivity contribution >= 4 is 30.9 Å². The highest BCUT2D eigenvalue weighted by Gasteiger charge is 2.50. The van der Waals surface area contributed by atoms with Gasteiger partial charge in [0.05, 0.1) is 11.2 Å². The molecule has 3 heterocycles. The van der Waals surface area contributed by atoms with Crippen molar-refractivity contribution in [3.8, 4) is 5.75 Å². The second-order valence-electron chi connectivity index (χ2n) is 10.5. The Kier molecular flexibility index (Phi) is 6.68. The highest BCUT2D eigenvalue weighted by atomic mass is 32.2. The van der Waals surface area contributed by atoms with Gasteiger partial charge >= 0.3 is 13.1 Å². The summed E-state index contributed by atoms with van der Waals surface area (Å²) in [5.74, 6) is 1.59. The van der Waals surface area contributed by atoms with Crippen LogP contribution in [-0.4, -0.2) is 48.5 Å². The lowest BCUT2D eigenvalue weighted by Crippen LogP contribution is -2.41. The van der Waals surface area contributed by atoms with E-state index in [9.17, 15) is 4.79 Å². The lowest BCUT2D eigenvalue weighted by atomic mass is 9.88. The molecule has 3 aliphatic heterocycles. The molecule has 0 saturated carbocycles. The smallest absolute Gasteiger partial charge is 0.451 e. The Bertz CT molecular complexity index is 919. The topological polar surface area (TPSA) is 63.2 Å². The number of fused-ring (bicyclic) bond motifs is 1. The largest absolute Gasteiger partial charge is 0.487 e. The van der Waals surface area contributed by atoms with Gasteiger partial charge in [0.2, 0.25) is 5.79 Å². The van der Waals surface area contributed by atoms with Gasteiger partial charge in [-0.15, -0.1) is 11.8 Å². The standard InChI is InChI=1S/C25H35BO6S/c1-16(17-11-14-28-15-12-17)33-19-9-8-18(21-20(19)22(27)30-25(6,7)29-21)10-13-26-31-23(2,3)24(4,5)32-26/h8-10,13,16-17H,11-12,14-15H2,1-7H3/b13-10+. The Morgan fingerprint density at radius 3 is 2.30 bits per heavy atom. The van der Waals surface area contributed by atoms with Gasteiger partial charge in [0, 0.05) is 42.8 Å². The van der Waals surface area contributed by atoms with Crippen LogP contribution in [0.2, 0.25) is 0 Å². The van der Waals surface area contributed by atoms with Gasteiger partial charge in [-0.1, -0.05) is 25.0 Å². The lowest BCUT2D eigenvalue weighted by Gasteiger charge is -2.34. The van der Waals surface area contributed by atoms with E-state index in [4.69, 9.17) is 23.5 Å². The average molecular weight is 474 g/mol. The number of ether oxygens (including phenoxy) is 3. The van der Waals surface area contributed by atoms with Crippen LogP contribution in [0.15, 0.2) is 23.0 Å². The number of hydrogen-bond acceptors (Lipinski definition) is 7. The molecule has 4 rings (SSSR count). The maximum absolute atomic E-state index is 13.1. The molecule has 2 saturated heterocycles. The molecule has 8 heteroatoms. The zero-order valence-corrected chi connectivity index (χ0v) is 21.5. The minimum Gasteiger partial charge on any atom is -0.451 e. The zero-order chi connectivity index (χ0) is 24.0. The molecule has 0 aliphatic carbocycles. The Hall–Kier alpha value is -1.48. The fraction of sp³-hybridized carbons (Fsp3) is 0.640. The van der Waals surface area contributed by atoms with Crippen molar-refractivity contribution < 1.29 is 28.3 Å². The normalized spacial score (nSPS) is 24.9. The molecule has 0 radical (unpaired) electrons. The molecule has 1 aromatic rings. The summed E-state index contributed by atoms with van der Waals surface area (Å²) >= 11 is 1.71. The SMILES string of the molecule is CC(Sc1ccc(/C=C/B2OC(C)(C)C(C)(C)O2)c2c1C(=O)OC(C)(C)O2)C1CCOCC1. The highest BCUT2D eigenvalue weighted by molar-refractivity contribution is 8.00. The summed E-state index contributed by atoms with van der Waals surface area (Å²) < 4.78 is 29.4. The Labute approximate surface area is 201 Å². The van der Waals surface area contributed by atoms with Gasteiger partial charge in [-0.25, -0.2) is 4.79 Å².